The number of fused-ring (bicyclic) bond motifs is 1. The van der Waals surface area contributed by atoms with Crippen LogP contribution in [0.4, 0.5) is 0 Å². The van der Waals surface area contributed by atoms with Crippen molar-refractivity contribution in [2.75, 3.05) is 27.1 Å². The Labute approximate surface area is 159 Å². The number of ether oxygens (including phenoxy) is 3. The second kappa shape index (κ2) is 6.51. The molecule has 0 unspecified atom stereocenters. The first kappa shape index (κ1) is 18.3. The van der Waals surface area contributed by atoms with Gasteiger partial charge in [0.15, 0.2) is 21.3 Å². The summed E-state index contributed by atoms with van der Waals surface area (Å²) in [4.78, 5) is 0.315. The normalized spacial score (nSPS) is 26.2. The van der Waals surface area contributed by atoms with Gasteiger partial charge in [0.05, 0.1) is 16.8 Å². The zero-order valence-electron chi connectivity index (χ0n) is 15.3. The Kier molecular flexibility index (Phi) is 4.41. The average molecular weight is 389 g/mol. The second-order valence-corrected chi connectivity index (χ2v) is 9.31. The van der Waals surface area contributed by atoms with Gasteiger partial charge in [-0.1, -0.05) is 23.8 Å². The molecule has 1 aliphatic heterocycles. The van der Waals surface area contributed by atoms with Crippen molar-refractivity contribution in [1.29, 1.82) is 0 Å². The maximum Gasteiger partial charge on any atom is 0.231 e. The van der Waals surface area contributed by atoms with Gasteiger partial charge in [0.2, 0.25) is 6.79 Å². The maximum atomic E-state index is 13.4. The summed E-state index contributed by atoms with van der Waals surface area (Å²) < 4.78 is 43.0. The number of methoxy groups -OCH3 is 1. The van der Waals surface area contributed by atoms with Crippen molar-refractivity contribution in [3.8, 4) is 11.5 Å². The molecular weight excluding hydrogens is 366 g/mol. The fourth-order valence-electron chi connectivity index (χ4n) is 4.17. The first-order valence-corrected chi connectivity index (χ1v) is 10.4. The molecule has 2 N–H and O–H groups in total. The number of aryl methyl sites for hydroxylation is 1. The van der Waals surface area contributed by atoms with Crippen molar-refractivity contribution in [3.63, 3.8) is 0 Å². The Morgan fingerprint density at radius 1 is 1.15 bits per heavy atom. The summed E-state index contributed by atoms with van der Waals surface area (Å²) in [7, 11) is -2.00. The van der Waals surface area contributed by atoms with E-state index in [1.165, 1.54) is 0 Å². The molecule has 0 spiro atoms. The van der Waals surface area contributed by atoms with Crippen LogP contribution in [-0.2, 0) is 14.6 Å². The van der Waals surface area contributed by atoms with E-state index in [0.29, 0.717) is 16.4 Å². The predicted molar refractivity (Wildman–Crippen MR) is 101 cm³/mol. The molecule has 1 saturated carbocycles. The molecule has 1 heterocycles. The Balaban J connectivity index is 1.76. The van der Waals surface area contributed by atoms with Gasteiger partial charge in [-0.3, -0.25) is 0 Å². The van der Waals surface area contributed by atoms with Crippen molar-refractivity contribution < 1.29 is 22.6 Å². The van der Waals surface area contributed by atoms with Crippen LogP contribution in [-0.4, -0.2) is 40.7 Å². The van der Waals surface area contributed by atoms with E-state index in [-0.39, 0.29) is 25.9 Å². The SMILES string of the molecule is COC[C@@]1(CN)[C@H](S(=O)(=O)c2ccc(C)cc2)[C@@H]1c1ccc2c(c1)OCO2. The summed E-state index contributed by atoms with van der Waals surface area (Å²) in [6, 6.07) is 12.5. The molecule has 3 atom stereocenters. The molecule has 1 fully saturated rings. The number of sulfone groups is 1. The quantitative estimate of drug-likeness (QED) is 0.815. The summed E-state index contributed by atoms with van der Waals surface area (Å²) in [5, 5.41) is -0.641. The van der Waals surface area contributed by atoms with E-state index >= 15 is 0 Å². The third-order valence-corrected chi connectivity index (χ3v) is 7.95. The highest BCUT2D eigenvalue weighted by Gasteiger charge is 2.70. The third kappa shape index (κ3) is 2.81. The number of hydrogen-bond donors (Lipinski definition) is 1. The van der Waals surface area contributed by atoms with Gasteiger partial charge in [-0.05, 0) is 36.8 Å². The Bertz CT molecular complexity index is 957. The van der Waals surface area contributed by atoms with Gasteiger partial charge in [0.1, 0.15) is 0 Å². The van der Waals surface area contributed by atoms with Crippen LogP contribution in [0, 0.1) is 12.3 Å². The minimum absolute atomic E-state index is 0.175. The molecular formula is C20H23NO5S. The van der Waals surface area contributed by atoms with E-state index in [1.807, 2.05) is 37.3 Å². The first-order valence-electron chi connectivity index (χ1n) is 8.83. The molecule has 2 aliphatic rings. The van der Waals surface area contributed by atoms with Crippen LogP contribution in [0.15, 0.2) is 47.4 Å². The Morgan fingerprint density at radius 3 is 2.52 bits per heavy atom. The number of nitrogens with two attached hydrogens (primary N) is 1. The number of rotatable bonds is 6. The Hall–Kier alpha value is -2.09. The molecule has 0 amide bonds. The van der Waals surface area contributed by atoms with Crippen LogP contribution in [0.5, 0.6) is 11.5 Å². The van der Waals surface area contributed by atoms with Gasteiger partial charge in [-0.25, -0.2) is 8.42 Å². The van der Waals surface area contributed by atoms with Gasteiger partial charge >= 0.3 is 0 Å². The number of hydrogen-bond acceptors (Lipinski definition) is 6. The van der Waals surface area contributed by atoms with Crippen molar-refractivity contribution >= 4 is 9.84 Å². The highest BCUT2D eigenvalue weighted by Crippen LogP contribution is 2.64. The summed E-state index contributed by atoms with van der Waals surface area (Å²) in [5.74, 6) is 1.04. The minimum atomic E-state index is -3.57. The predicted octanol–water partition coefficient (Wildman–Crippen LogP) is 2.25. The highest BCUT2D eigenvalue weighted by molar-refractivity contribution is 7.92. The molecule has 0 radical (unpaired) electrons. The molecule has 0 bridgehead atoms. The summed E-state index contributed by atoms with van der Waals surface area (Å²) in [6.07, 6.45) is 0. The third-order valence-electron chi connectivity index (χ3n) is 5.61. The van der Waals surface area contributed by atoms with Crippen LogP contribution >= 0.6 is 0 Å². The molecule has 4 rings (SSSR count). The lowest BCUT2D eigenvalue weighted by Crippen LogP contribution is -2.28. The van der Waals surface area contributed by atoms with E-state index in [0.717, 1.165) is 11.1 Å². The highest BCUT2D eigenvalue weighted by atomic mass is 32.2. The number of benzene rings is 2. The largest absolute Gasteiger partial charge is 0.454 e. The van der Waals surface area contributed by atoms with E-state index in [4.69, 9.17) is 19.9 Å². The molecule has 144 valence electrons. The lowest BCUT2D eigenvalue weighted by atomic mass is 9.99. The van der Waals surface area contributed by atoms with Crippen molar-refractivity contribution in [3.05, 3.63) is 53.6 Å². The molecule has 6 nitrogen and oxygen atoms in total. The van der Waals surface area contributed by atoms with Crippen molar-refractivity contribution in [2.45, 2.75) is 23.0 Å². The van der Waals surface area contributed by atoms with Crippen LogP contribution in [0.1, 0.15) is 17.0 Å². The van der Waals surface area contributed by atoms with Crippen LogP contribution in [0.3, 0.4) is 0 Å². The lowest BCUT2D eigenvalue weighted by Gasteiger charge is -2.15. The van der Waals surface area contributed by atoms with Gasteiger partial charge in [0.25, 0.3) is 0 Å². The molecule has 2 aromatic carbocycles. The topological polar surface area (TPSA) is 87.9 Å². The Morgan fingerprint density at radius 2 is 1.85 bits per heavy atom. The van der Waals surface area contributed by atoms with Crippen molar-refractivity contribution in [1.82, 2.24) is 0 Å². The molecule has 1 aliphatic carbocycles. The monoisotopic (exact) mass is 389 g/mol. The zero-order valence-corrected chi connectivity index (χ0v) is 16.2. The van der Waals surface area contributed by atoms with Crippen LogP contribution in [0.25, 0.3) is 0 Å². The summed E-state index contributed by atoms with van der Waals surface area (Å²) in [5.41, 5.74) is 7.31. The van der Waals surface area contributed by atoms with E-state index in [2.05, 4.69) is 0 Å². The lowest BCUT2D eigenvalue weighted by molar-refractivity contribution is 0.142. The smallest absolute Gasteiger partial charge is 0.231 e. The molecule has 0 aromatic heterocycles. The fourth-order valence-corrected chi connectivity index (χ4v) is 6.62. The van der Waals surface area contributed by atoms with Gasteiger partial charge < -0.3 is 19.9 Å². The summed E-state index contributed by atoms with van der Waals surface area (Å²) >= 11 is 0. The second-order valence-electron chi connectivity index (χ2n) is 7.24. The van der Waals surface area contributed by atoms with E-state index < -0.39 is 20.5 Å². The summed E-state index contributed by atoms with van der Waals surface area (Å²) in [6.45, 7) is 2.60. The first-order chi connectivity index (χ1) is 12.9. The van der Waals surface area contributed by atoms with Gasteiger partial charge in [-0.15, -0.1) is 0 Å². The fraction of sp³-hybridized carbons (Fsp3) is 0.400. The molecule has 2 aromatic rings. The van der Waals surface area contributed by atoms with Gasteiger partial charge in [-0.2, -0.15) is 0 Å². The molecule has 7 heteroatoms. The minimum Gasteiger partial charge on any atom is -0.454 e. The van der Waals surface area contributed by atoms with Crippen molar-refractivity contribution in [2.24, 2.45) is 11.1 Å². The van der Waals surface area contributed by atoms with Crippen LogP contribution in [0.2, 0.25) is 0 Å². The standard InChI is InChI=1S/C20H23NO5S/c1-13-3-6-15(7-4-13)27(22,23)19-18(20(19,10-21)11-24-2)14-5-8-16-17(9-14)26-12-25-16/h3-9,18-19H,10-12,21H2,1-2H3/t18-,19+,20+/m0/s1. The van der Waals surface area contributed by atoms with Crippen LogP contribution < -0.4 is 15.2 Å². The zero-order chi connectivity index (χ0) is 19.2. The maximum absolute atomic E-state index is 13.4. The molecule has 0 saturated heterocycles. The van der Waals surface area contributed by atoms with Gasteiger partial charge in [0, 0.05) is 25.0 Å². The molecule has 27 heavy (non-hydrogen) atoms. The average Bonchev–Trinajstić information content (AvgIpc) is 3.10. The van der Waals surface area contributed by atoms with E-state index in [1.54, 1.807) is 19.2 Å². The van der Waals surface area contributed by atoms with E-state index in [9.17, 15) is 8.42 Å².